The minimum Gasteiger partial charge on any atom is -0.480 e. The first-order chi connectivity index (χ1) is 38.9. The van der Waals surface area contributed by atoms with Crippen molar-refractivity contribution >= 4 is 87.9 Å². The number of nitrogens with two attached hydrogens (primary N) is 7. The number of hydrogen-bond donors (Lipinski definition) is 17. The number of aliphatic carboxylic acids is 1. The van der Waals surface area contributed by atoms with Crippen LogP contribution in [0.15, 0.2) is 45.4 Å². The number of primary amides is 1. The zero-order valence-electron chi connectivity index (χ0n) is 46.4. The number of aromatic nitrogens is 1. The number of fused-ring (bicyclic) bond motifs is 1. The molecule has 8 unspecified atom stereocenters. The molecule has 2 aliphatic heterocycles. The van der Waals surface area contributed by atoms with Crippen molar-refractivity contribution in [3.63, 3.8) is 0 Å². The molecule has 31 nitrogen and oxygen atoms in total. The Balaban J connectivity index is 1.54. The fourth-order valence-electron chi connectivity index (χ4n) is 9.44. The Hall–Kier alpha value is -8.77. The van der Waals surface area contributed by atoms with Crippen molar-refractivity contribution in [2.45, 2.75) is 146 Å². The Morgan fingerprint density at radius 2 is 1.18 bits per heavy atom. The Labute approximate surface area is 474 Å². The van der Waals surface area contributed by atoms with Crippen molar-refractivity contribution < 1.29 is 53.1 Å². The van der Waals surface area contributed by atoms with Gasteiger partial charge in [0.15, 0.2) is 17.9 Å². The van der Waals surface area contributed by atoms with E-state index in [1.54, 1.807) is 26.1 Å². The monoisotopic (exact) mass is 1150 g/mol. The number of carbonyl (C=O) groups excluding carboxylic acids is 9. The number of amides is 9. The second-order valence-electron chi connectivity index (χ2n) is 20.5. The van der Waals surface area contributed by atoms with Crippen LogP contribution in [0.4, 0.5) is 0 Å². The largest absolute Gasteiger partial charge is 0.480 e. The highest BCUT2D eigenvalue weighted by Gasteiger charge is 2.39. The lowest BCUT2D eigenvalue weighted by atomic mass is 10.0. The SMILES string of the molecule is CC(C)CC(NC(=O)CNC(=O)C(Cc1c[nH]c2ccccc12)NC(=O)C(CCCN=C(N)N)NC(=O)C1CCCN1)C(=O)NC(CCCN=C(N)N)C(=O)NC(CC(N)=O)C(=O)NC(CCCN=C(N)N)C(=O)N1CCCC1C(=O)O. The molecule has 0 radical (unpaired) electrons. The molecule has 82 heavy (non-hydrogen) atoms. The lowest BCUT2D eigenvalue weighted by Gasteiger charge is -2.29. The molecule has 0 bridgehead atoms. The number of carboxylic acid groups (broad SMARTS) is 1. The number of aliphatic imine (C=N–C) groups is 3. The maximum absolute atomic E-state index is 14.2. The van der Waals surface area contributed by atoms with Crippen LogP contribution in [-0.2, 0) is 54.4 Å². The normalized spacial score (nSPS) is 16.9. The molecule has 0 aliphatic carbocycles. The Bertz CT molecular complexity index is 2640. The summed E-state index contributed by atoms with van der Waals surface area (Å²) in [4.78, 5) is 152. The van der Waals surface area contributed by atoms with Gasteiger partial charge in [0.05, 0.1) is 19.0 Å². The van der Waals surface area contributed by atoms with Crippen LogP contribution < -0.4 is 82.7 Å². The van der Waals surface area contributed by atoms with Gasteiger partial charge in [-0.25, -0.2) is 4.79 Å². The molecule has 1 aromatic carbocycles. The third kappa shape index (κ3) is 22.0. The second kappa shape index (κ2) is 33.1. The highest BCUT2D eigenvalue weighted by atomic mass is 16.4. The van der Waals surface area contributed by atoms with Crippen LogP contribution in [0.2, 0.25) is 0 Å². The number of carbonyl (C=O) groups is 10. The third-order valence-electron chi connectivity index (χ3n) is 13.5. The number of aromatic amines is 1. The Morgan fingerprint density at radius 1 is 0.646 bits per heavy atom. The summed E-state index contributed by atoms with van der Waals surface area (Å²) in [5.74, 6) is -9.46. The van der Waals surface area contributed by atoms with Crippen LogP contribution in [0.25, 0.3) is 10.9 Å². The summed E-state index contributed by atoms with van der Waals surface area (Å²) in [5.41, 5.74) is 39.9. The molecule has 9 amide bonds. The summed E-state index contributed by atoms with van der Waals surface area (Å²) < 4.78 is 0. The van der Waals surface area contributed by atoms with Gasteiger partial charge in [-0.15, -0.1) is 0 Å². The summed E-state index contributed by atoms with van der Waals surface area (Å²) in [6.07, 6.45) is 3.16. The molecule has 452 valence electrons. The predicted molar refractivity (Wildman–Crippen MR) is 303 cm³/mol. The molecule has 3 heterocycles. The first-order valence-electron chi connectivity index (χ1n) is 27.3. The van der Waals surface area contributed by atoms with E-state index >= 15 is 0 Å². The van der Waals surface area contributed by atoms with Gasteiger partial charge in [-0.3, -0.25) is 58.1 Å². The number of hydrogen-bond acceptors (Lipinski definition) is 14. The quantitative estimate of drug-likeness (QED) is 0.0177. The number of H-pyrrole nitrogens is 1. The fraction of sp³-hybridized carbons (Fsp3) is 0.588. The number of guanidine groups is 3. The van der Waals surface area contributed by atoms with Crippen LogP contribution >= 0.6 is 0 Å². The van der Waals surface area contributed by atoms with Gasteiger partial charge in [0.2, 0.25) is 53.2 Å². The van der Waals surface area contributed by atoms with E-state index in [0.29, 0.717) is 31.4 Å². The molecule has 24 N–H and O–H groups in total. The minimum atomic E-state index is -1.72. The van der Waals surface area contributed by atoms with E-state index in [4.69, 9.17) is 40.1 Å². The van der Waals surface area contributed by atoms with Gasteiger partial charge in [-0.2, -0.15) is 0 Å². The van der Waals surface area contributed by atoms with Crippen LogP contribution in [-0.4, -0.2) is 180 Å². The zero-order chi connectivity index (χ0) is 60.5. The van der Waals surface area contributed by atoms with Gasteiger partial charge in [0, 0.05) is 49.7 Å². The van der Waals surface area contributed by atoms with Crippen molar-refractivity contribution in [1.82, 2.24) is 52.4 Å². The first kappa shape index (κ1) is 65.7. The Kier molecular flexibility index (Phi) is 26.5. The summed E-state index contributed by atoms with van der Waals surface area (Å²) in [5, 5.41) is 32.0. The van der Waals surface area contributed by atoms with Crippen molar-refractivity contribution in [3.8, 4) is 0 Å². The van der Waals surface area contributed by atoms with E-state index in [2.05, 4.69) is 62.5 Å². The third-order valence-corrected chi connectivity index (χ3v) is 13.5. The zero-order valence-corrected chi connectivity index (χ0v) is 46.4. The van der Waals surface area contributed by atoms with Crippen molar-refractivity contribution in [2.75, 3.05) is 39.3 Å². The topological polar surface area (TPSA) is 525 Å². The van der Waals surface area contributed by atoms with Gasteiger partial charge in [0.1, 0.15) is 42.3 Å². The minimum absolute atomic E-state index is 0.00899. The molecule has 2 saturated heterocycles. The first-order valence-corrected chi connectivity index (χ1v) is 27.3. The molecule has 1 aromatic heterocycles. The van der Waals surface area contributed by atoms with E-state index in [9.17, 15) is 53.1 Å². The molecule has 2 aromatic rings. The standard InChI is InChI=1S/C51H82N20O11/c1-27(2)22-35(65-40(73)26-64-41(74)36(23-28-25-63-30-11-4-3-10-29(28)30)69-43(76)32(13-6-18-60-49(53)54)66-42(75)31-12-5-17-59-31)45(78)67-33(14-7-19-61-50(55)56)44(77)70-37(24-39(52)72)46(79)68-34(15-8-20-62-51(57)58)47(80)71-21-9-16-38(71)48(81)82/h3-4,10-11,25,27,31-38,59,63H,5-9,12-24,26H2,1-2H3,(H2,52,72)(H,64,74)(H,65,73)(H,66,75)(H,67,78)(H,68,79)(H,69,76)(H,70,77)(H,81,82)(H4,53,54,60)(H4,55,56,61)(H4,57,58,62). The van der Waals surface area contributed by atoms with Gasteiger partial charge in [0.25, 0.3) is 0 Å². The lowest BCUT2D eigenvalue weighted by molar-refractivity contribution is -0.149. The van der Waals surface area contributed by atoms with Crippen molar-refractivity contribution in [1.29, 1.82) is 0 Å². The van der Waals surface area contributed by atoms with Crippen LogP contribution in [0.5, 0.6) is 0 Å². The van der Waals surface area contributed by atoms with Crippen LogP contribution in [0.3, 0.4) is 0 Å². The molecular formula is C51H82N20O11. The summed E-state index contributed by atoms with van der Waals surface area (Å²) in [6.45, 7) is 3.75. The molecule has 31 heteroatoms. The lowest BCUT2D eigenvalue weighted by Crippen LogP contribution is -2.59. The number of rotatable bonds is 34. The van der Waals surface area contributed by atoms with Crippen molar-refractivity contribution in [2.24, 2.45) is 61.0 Å². The maximum Gasteiger partial charge on any atom is 0.326 e. The average Bonchev–Trinajstić information content (AvgIpc) is 4.35. The predicted octanol–water partition coefficient (Wildman–Crippen LogP) is -5.35. The van der Waals surface area contributed by atoms with Crippen LogP contribution in [0.1, 0.15) is 96.5 Å². The number of nitrogens with zero attached hydrogens (tertiary/aromatic N) is 4. The molecule has 4 rings (SSSR count). The number of carboxylic acids is 1. The smallest absolute Gasteiger partial charge is 0.326 e. The second-order valence-corrected chi connectivity index (χ2v) is 20.5. The molecule has 0 spiro atoms. The fourth-order valence-corrected chi connectivity index (χ4v) is 9.44. The van der Waals surface area contributed by atoms with E-state index in [1.165, 1.54) is 0 Å². The Morgan fingerprint density at radius 3 is 1.74 bits per heavy atom. The summed E-state index contributed by atoms with van der Waals surface area (Å²) in [7, 11) is 0. The molecule has 8 atom stereocenters. The molecule has 2 fully saturated rings. The number of benzene rings is 1. The number of nitrogens with one attached hydrogen (secondary N) is 9. The highest BCUT2D eigenvalue weighted by Crippen LogP contribution is 2.21. The van der Waals surface area contributed by atoms with Gasteiger partial charge >= 0.3 is 5.97 Å². The summed E-state index contributed by atoms with van der Waals surface area (Å²) >= 11 is 0. The molecular weight excluding hydrogens is 1070 g/mol. The molecule has 2 aliphatic rings. The van der Waals surface area contributed by atoms with Gasteiger partial charge in [-0.1, -0.05) is 32.0 Å². The molecule has 0 saturated carbocycles. The highest BCUT2D eigenvalue weighted by molar-refractivity contribution is 5.99. The van der Waals surface area contributed by atoms with Gasteiger partial charge < -0.3 is 97.7 Å². The summed E-state index contributed by atoms with van der Waals surface area (Å²) in [6, 6.07) is -2.68. The van der Waals surface area contributed by atoms with E-state index < -0.39 is 120 Å². The number of likely N-dealkylation sites (tertiary alicyclic amines) is 1. The van der Waals surface area contributed by atoms with E-state index in [1.807, 2.05) is 18.2 Å². The number of para-hydroxylation sites is 1. The maximum atomic E-state index is 14.2. The average molecular weight is 1150 g/mol. The van der Waals surface area contributed by atoms with Crippen molar-refractivity contribution in [3.05, 3.63) is 36.0 Å². The van der Waals surface area contributed by atoms with E-state index in [-0.39, 0.29) is 101 Å². The van der Waals surface area contributed by atoms with Crippen LogP contribution in [0, 0.1) is 5.92 Å². The van der Waals surface area contributed by atoms with E-state index in [0.717, 1.165) is 22.2 Å². The van der Waals surface area contributed by atoms with Gasteiger partial charge in [-0.05, 0) is 94.7 Å².